The number of fused-ring (bicyclic) bond motifs is 3. The van der Waals surface area contributed by atoms with Gasteiger partial charge in [0.05, 0.1) is 11.3 Å². The van der Waals surface area contributed by atoms with Gasteiger partial charge in [0.2, 0.25) is 5.91 Å². The van der Waals surface area contributed by atoms with E-state index >= 15 is 0 Å². The molecule has 3 N–H and O–H groups in total. The fourth-order valence-electron chi connectivity index (χ4n) is 5.19. The van der Waals surface area contributed by atoms with E-state index in [0.29, 0.717) is 10.7 Å². The minimum atomic E-state index is -0.431. The standard InChI is InChI=1S/C21H24N4O2S/c1-11-12(2)28-20(22-11)23-18(26)16-9-14-8-7-13(16)10-21(14)24-17-6-4-3-5-15(17)19(27)25-21/h3-6,13-14,16,24H,7-10H2,1-2H3,(H,25,27)(H,22,23,26)/t13-,14+,16-,21-/m1/s1. The molecule has 3 fully saturated rings. The molecule has 1 spiro atoms. The molecule has 7 heteroatoms. The number of benzene rings is 1. The summed E-state index contributed by atoms with van der Waals surface area (Å²) in [7, 11) is 0. The molecule has 4 aliphatic rings. The summed E-state index contributed by atoms with van der Waals surface area (Å²) < 4.78 is 0. The van der Waals surface area contributed by atoms with Crippen LogP contribution in [-0.4, -0.2) is 22.5 Å². The van der Waals surface area contributed by atoms with E-state index in [9.17, 15) is 9.59 Å². The third-order valence-corrected chi connectivity index (χ3v) is 7.72. The number of rotatable bonds is 2. The first kappa shape index (κ1) is 17.7. The van der Waals surface area contributed by atoms with Gasteiger partial charge in [-0.1, -0.05) is 12.1 Å². The van der Waals surface area contributed by atoms with Gasteiger partial charge in [-0.05, 0) is 57.6 Å². The van der Waals surface area contributed by atoms with Crippen molar-refractivity contribution in [3.8, 4) is 0 Å². The van der Waals surface area contributed by atoms with Crippen molar-refractivity contribution < 1.29 is 9.59 Å². The molecule has 0 radical (unpaired) electrons. The number of aryl methyl sites for hydroxylation is 2. The Bertz CT molecular complexity index is 952. The van der Waals surface area contributed by atoms with Gasteiger partial charge in [-0.25, -0.2) is 4.98 Å². The summed E-state index contributed by atoms with van der Waals surface area (Å²) in [4.78, 5) is 31.2. The summed E-state index contributed by atoms with van der Waals surface area (Å²) in [6.45, 7) is 3.98. The van der Waals surface area contributed by atoms with Crippen LogP contribution in [0.1, 0.15) is 46.6 Å². The number of hydrogen-bond acceptors (Lipinski definition) is 5. The van der Waals surface area contributed by atoms with E-state index in [1.54, 1.807) is 0 Å². The molecule has 1 aromatic heterocycles. The molecular formula is C21H24N4O2S. The first-order chi connectivity index (χ1) is 13.4. The zero-order chi connectivity index (χ0) is 19.5. The molecule has 3 aliphatic carbocycles. The second-order valence-corrected chi connectivity index (χ2v) is 9.53. The molecule has 0 unspecified atom stereocenters. The van der Waals surface area contributed by atoms with Gasteiger partial charge in [0.25, 0.3) is 5.91 Å². The second kappa shape index (κ2) is 6.30. The normalized spacial score (nSPS) is 30.5. The molecule has 2 amide bonds. The van der Waals surface area contributed by atoms with E-state index in [1.807, 2.05) is 38.1 Å². The number of para-hydroxylation sites is 1. The lowest BCUT2D eigenvalue weighted by Gasteiger charge is -2.56. The van der Waals surface area contributed by atoms with Crippen molar-refractivity contribution in [2.45, 2.75) is 45.2 Å². The van der Waals surface area contributed by atoms with E-state index in [1.165, 1.54) is 11.3 Å². The van der Waals surface area contributed by atoms with Crippen molar-refractivity contribution >= 4 is 34.0 Å². The summed E-state index contributed by atoms with van der Waals surface area (Å²) in [6, 6.07) is 7.65. The highest BCUT2D eigenvalue weighted by Crippen LogP contribution is 2.52. The van der Waals surface area contributed by atoms with Crippen molar-refractivity contribution in [3.05, 3.63) is 40.4 Å². The molecule has 28 heavy (non-hydrogen) atoms. The molecule has 1 aliphatic heterocycles. The van der Waals surface area contributed by atoms with Crippen LogP contribution in [0.3, 0.4) is 0 Å². The average Bonchev–Trinajstić information content (AvgIpc) is 2.99. The maximum atomic E-state index is 13.0. The van der Waals surface area contributed by atoms with Crippen molar-refractivity contribution in [3.63, 3.8) is 0 Å². The number of anilines is 2. The summed E-state index contributed by atoms with van der Waals surface area (Å²) >= 11 is 1.53. The van der Waals surface area contributed by atoms with Gasteiger partial charge < -0.3 is 16.0 Å². The largest absolute Gasteiger partial charge is 0.362 e. The predicted molar refractivity (Wildman–Crippen MR) is 109 cm³/mol. The Morgan fingerprint density at radius 2 is 2.07 bits per heavy atom. The minimum absolute atomic E-state index is 0.0170. The average molecular weight is 397 g/mol. The predicted octanol–water partition coefficient (Wildman–Crippen LogP) is 3.69. The van der Waals surface area contributed by atoms with Gasteiger partial charge in [0, 0.05) is 22.4 Å². The SMILES string of the molecule is Cc1nc(NC(=O)[C@@H]2C[C@@H]3CC[C@@H]2C[C@@]32NC(=O)c3ccccc3N2)sc1C. The summed E-state index contributed by atoms with van der Waals surface area (Å²) in [6.07, 6.45) is 3.63. The molecule has 4 atom stereocenters. The van der Waals surface area contributed by atoms with Crippen LogP contribution in [0.15, 0.2) is 24.3 Å². The number of carbonyl (C=O) groups is 2. The monoisotopic (exact) mass is 396 g/mol. The number of amides is 2. The zero-order valence-corrected chi connectivity index (χ0v) is 16.9. The van der Waals surface area contributed by atoms with Gasteiger partial charge in [-0.2, -0.15) is 0 Å². The van der Waals surface area contributed by atoms with Gasteiger partial charge in [0.1, 0.15) is 5.66 Å². The lowest BCUT2D eigenvalue weighted by atomic mass is 9.58. The van der Waals surface area contributed by atoms with Crippen LogP contribution < -0.4 is 16.0 Å². The lowest BCUT2D eigenvalue weighted by Crippen LogP contribution is -2.67. The Hall–Kier alpha value is -2.41. The van der Waals surface area contributed by atoms with Crippen LogP contribution in [0.2, 0.25) is 0 Å². The third-order valence-electron chi connectivity index (χ3n) is 6.74. The Labute approximate surface area is 168 Å². The summed E-state index contributed by atoms with van der Waals surface area (Å²) in [5.41, 5.74) is 2.13. The van der Waals surface area contributed by atoms with Crippen molar-refractivity contribution in [2.75, 3.05) is 10.6 Å². The molecule has 3 saturated carbocycles. The van der Waals surface area contributed by atoms with Crippen molar-refractivity contribution in [2.24, 2.45) is 17.8 Å². The van der Waals surface area contributed by atoms with Gasteiger partial charge >= 0.3 is 0 Å². The number of hydrogen-bond donors (Lipinski definition) is 3. The third kappa shape index (κ3) is 2.71. The molecule has 0 saturated heterocycles. The Balaban J connectivity index is 1.35. The molecular weight excluding hydrogens is 372 g/mol. The van der Waals surface area contributed by atoms with Gasteiger partial charge in [-0.15, -0.1) is 11.3 Å². The molecule has 6 nitrogen and oxygen atoms in total. The molecule has 2 heterocycles. The van der Waals surface area contributed by atoms with Crippen molar-refractivity contribution in [1.29, 1.82) is 0 Å². The minimum Gasteiger partial charge on any atom is -0.362 e. The maximum absolute atomic E-state index is 13.0. The molecule has 6 rings (SSSR count). The number of aromatic nitrogens is 1. The van der Waals surface area contributed by atoms with E-state index in [-0.39, 0.29) is 29.6 Å². The Kier molecular flexibility index (Phi) is 3.98. The van der Waals surface area contributed by atoms with Crippen LogP contribution in [0.4, 0.5) is 10.8 Å². The highest BCUT2D eigenvalue weighted by atomic mass is 32.1. The van der Waals surface area contributed by atoms with Gasteiger partial charge in [0.15, 0.2) is 5.13 Å². The van der Waals surface area contributed by atoms with Crippen LogP contribution in [0.5, 0.6) is 0 Å². The van der Waals surface area contributed by atoms with Crippen molar-refractivity contribution in [1.82, 2.24) is 10.3 Å². The topological polar surface area (TPSA) is 83.1 Å². The smallest absolute Gasteiger partial charge is 0.255 e. The van der Waals surface area contributed by atoms with Crippen LogP contribution in [0.25, 0.3) is 0 Å². The number of thiazole rings is 1. The second-order valence-electron chi connectivity index (χ2n) is 8.33. The Morgan fingerprint density at radius 3 is 2.79 bits per heavy atom. The van der Waals surface area contributed by atoms with E-state index < -0.39 is 5.66 Å². The van der Waals surface area contributed by atoms with Crippen LogP contribution in [0, 0.1) is 31.6 Å². The summed E-state index contributed by atoms with van der Waals surface area (Å²) in [5, 5.41) is 10.6. The number of carbonyl (C=O) groups excluding carboxylic acids is 2. The molecule has 2 bridgehead atoms. The summed E-state index contributed by atoms with van der Waals surface area (Å²) in [5.74, 6) is 0.526. The quantitative estimate of drug-likeness (QED) is 0.723. The van der Waals surface area contributed by atoms with Gasteiger partial charge in [-0.3, -0.25) is 9.59 Å². The molecule has 2 aromatic rings. The Morgan fingerprint density at radius 1 is 1.25 bits per heavy atom. The zero-order valence-electron chi connectivity index (χ0n) is 16.0. The molecule has 1 aromatic carbocycles. The van der Waals surface area contributed by atoms with Crippen LogP contribution in [-0.2, 0) is 4.79 Å². The van der Waals surface area contributed by atoms with Crippen LogP contribution >= 0.6 is 11.3 Å². The highest BCUT2D eigenvalue weighted by molar-refractivity contribution is 7.15. The fraction of sp³-hybridized carbons (Fsp3) is 0.476. The van der Waals surface area contributed by atoms with E-state index in [4.69, 9.17) is 0 Å². The van der Waals surface area contributed by atoms with E-state index in [2.05, 4.69) is 20.9 Å². The lowest BCUT2D eigenvalue weighted by molar-refractivity contribution is -0.126. The molecule has 146 valence electrons. The maximum Gasteiger partial charge on any atom is 0.255 e. The highest BCUT2D eigenvalue weighted by Gasteiger charge is 2.55. The first-order valence-corrected chi connectivity index (χ1v) is 10.7. The first-order valence-electron chi connectivity index (χ1n) is 9.90. The fourth-order valence-corrected chi connectivity index (χ4v) is 6.01. The number of nitrogens with zero attached hydrogens (tertiary/aromatic N) is 1. The van der Waals surface area contributed by atoms with E-state index in [0.717, 1.165) is 41.9 Å². The number of nitrogens with one attached hydrogen (secondary N) is 3.